The van der Waals surface area contributed by atoms with Crippen LogP contribution < -0.4 is 10.2 Å². The summed E-state index contributed by atoms with van der Waals surface area (Å²) in [4.78, 5) is 2.46. The van der Waals surface area contributed by atoms with Crippen molar-refractivity contribution >= 4 is 11.4 Å². The topological polar surface area (TPSA) is 24.5 Å². The molecule has 3 aliphatic rings. The van der Waals surface area contributed by atoms with E-state index < -0.39 is 0 Å². The molecular weight excluding hydrogens is 248 g/mol. The maximum atomic E-state index is 5.48. The summed E-state index contributed by atoms with van der Waals surface area (Å²) in [5, 5.41) is 3.89. The van der Waals surface area contributed by atoms with E-state index in [1.165, 1.54) is 37.1 Å². The number of hydrogen-bond donors (Lipinski definition) is 1. The number of morpholine rings is 1. The quantitative estimate of drug-likeness (QED) is 0.891. The van der Waals surface area contributed by atoms with E-state index in [1.54, 1.807) is 0 Å². The van der Waals surface area contributed by atoms with Crippen LogP contribution in [0.3, 0.4) is 0 Å². The Labute approximate surface area is 121 Å². The average molecular weight is 272 g/mol. The lowest BCUT2D eigenvalue weighted by Crippen LogP contribution is -2.37. The molecule has 2 saturated carbocycles. The van der Waals surface area contributed by atoms with Crippen molar-refractivity contribution in [3.05, 3.63) is 24.3 Å². The number of nitrogens with zero attached hydrogens (tertiary/aromatic N) is 1. The first kappa shape index (κ1) is 12.5. The Morgan fingerprint density at radius 3 is 2.30 bits per heavy atom. The zero-order chi connectivity index (χ0) is 13.4. The van der Waals surface area contributed by atoms with Gasteiger partial charge in [0.25, 0.3) is 0 Å². The molecule has 3 nitrogen and oxygen atoms in total. The minimum atomic E-state index is 0.720. The largest absolute Gasteiger partial charge is 0.380 e. The van der Waals surface area contributed by atoms with E-state index in [2.05, 4.69) is 34.5 Å². The molecule has 0 bridgehead atoms. The van der Waals surface area contributed by atoms with Crippen molar-refractivity contribution in [3.8, 4) is 0 Å². The Morgan fingerprint density at radius 1 is 1.00 bits per heavy atom. The highest BCUT2D eigenvalue weighted by molar-refractivity contribution is 5.70. The maximum Gasteiger partial charge on any atom is 0.0642 e. The highest BCUT2D eigenvalue weighted by atomic mass is 16.5. The Morgan fingerprint density at radius 2 is 1.65 bits per heavy atom. The van der Waals surface area contributed by atoms with Crippen LogP contribution in [-0.4, -0.2) is 32.3 Å². The summed E-state index contributed by atoms with van der Waals surface area (Å²) >= 11 is 0. The smallest absolute Gasteiger partial charge is 0.0642 e. The van der Waals surface area contributed by atoms with Crippen molar-refractivity contribution in [2.24, 2.45) is 11.8 Å². The Kier molecular flexibility index (Phi) is 3.31. The third kappa shape index (κ3) is 2.64. The van der Waals surface area contributed by atoms with Crippen LogP contribution in [0, 0.1) is 11.8 Å². The molecule has 0 unspecified atom stereocenters. The molecule has 0 radical (unpaired) electrons. The highest BCUT2D eigenvalue weighted by Gasteiger charge is 2.41. The van der Waals surface area contributed by atoms with Crippen LogP contribution in [-0.2, 0) is 4.74 Å². The van der Waals surface area contributed by atoms with E-state index in [4.69, 9.17) is 4.74 Å². The molecule has 4 rings (SSSR count). The van der Waals surface area contributed by atoms with Gasteiger partial charge in [0.1, 0.15) is 0 Å². The van der Waals surface area contributed by atoms with E-state index in [1.807, 2.05) is 0 Å². The van der Waals surface area contributed by atoms with Gasteiger partial charge in [0.05, 0.1) is 24.6 Å². The summed E-state index contributed by atoms with van der Waals surface area (Å²) in [6.07, 6.45) is 5.70. The van der Waals surface area contributed by atoms with Crippen molar-refractivity contribution in [3.63, 3.8) is 0 Å². The molecule has 1 aromatic rings. The van der Waals surface area contributed by atoms with Crippen molar-refractivity contribution in [1.82, 2.24) is 0 Å². The predicted molar refractivity (Wildman–Crippen MR) is 82.3 cm³/mol. The van der Waals surface area contributed by atoms with Gasteiger partial charge in [-0.3, -0.25) is 0 Å². The van der Waals surface area contributed by atoms with Gasteiger partial charge in [-0.2, -0.15) is 0 Å². The summed E-state index contributed by atoms with van der Waals surface area (Å²) in [5.74, 6) is 1.86. The normalized spacial score (nSPS) is 23.1. The summed E-state index contributed by atoms with van der Waals surface area (Å²) in [7, 11) is 0. The minimum Gasteiger partial charge on any atom is -0.380 e. The standard InChI is InChI=1S/C17H24N2O/c1-2-4-16(19-9-11-20-12-10-19)15(3-1)18-17(13-5-6-13)14-7-8-14/h1-4,13-14,17-18H,5-12H2. The Hall–Kier alpha value is -1.22. The fraction of sp³-hybridized carbons (Fsp3) is 0.647. The first-order chi connectivity index (χ1) is 9.92. The second-order valence-corrected chi connectivity index (χ2v) is 6.46. The number of hydrogen-bond acceptors (Lipinski definition) is 3. The molecule has 3 fully saturated rings. The third-order valence-electron chi connectivity index (χ3n) is 4.84. The van der Waals surface area contributed by atoms with Gasteiger partial charge >= 0.3 is 0 Å². The number of rotatable bonds is 5. The molecule has 3 heteroatoms. The van der Waals surface area contributed by atoms with Gasteiger partial charge in [-0.25, -0.2) is 0 Å². The fourth-order valence-electron chi connectivity index (χ4n) is 3.39. The average Bonchev–Trinajstić information content (AvgIpc) is 3.40. The maximum absolute atomic E-state index is 5.48. The van der Waals surface area contributed by atoms with Gasteiger partial charge in [0.2, 0.25) is 0 Å². The van der Waals surface area contributed by atoms with Crippen LogP contribution in [0.2, 0.25) is 0 Å². The first-order valence-corrected chi connectivity index (χ1v) is 8.10. The van der Waals surface area contributed by atoms with E-state index in [-0.39, 0.29) is 0 Å². The molecule has 0 amide bonds. The number of ether oxygens (including phenoxy) is 1. The molecule has 1 N–H and O–H groups in total. The van der Waals surface area contributed by atoms with Crippen molar-refractivity contribution < 1.29 is 4.74 Å². The van der Waals surface area contributed by atoms with Gasteiger partial charge in [0, 0.05) is 19.1 Å². The van der Waals surface area contributed by atoms with Gasteiger partial charge in [-0.1, -0.05) is 12.1 Å². The van der Waals surface area contributed by atoms with E-state index >= 15 is 0 Å². The SMILES string of the molecule is c1ccc(N2CCOCC2)c(NC(C2CC2)C2CC2)c1. The van der Waals surface area contributed by atoms with Crippen molar-refractivity contribution in [2.45, 2.75) is 31.7 Å². The van der Waals surface area contributed by atoms with Crippen LogP contribution in [0.25, 0.3) is 0 Å². The molecule has 1 heterocycles. The van der Waals surface area contributed by atoms with Crippen LogP contribution in [0.5, 0.6) is 0 Å². The minimum absolute atomic E-state index is 0.720. The lowest BCUT2D eigenvalue weighted by molar-refractivity contribution is 0.123. The number of para-hydroxylation sites is 2. The van der Waals surface area contributed by atoms with Crippen molar-refractivity contribution in [1.29, 1.82) is 0 Å². The molecule has 0 aromatic heterocycles. The third-order valence-corrected chi connectivity index (χ3v) is 4.84. The van der Waals surface area contributed by atoms with Gasteiger partial charge in [-0.15, -0.1) is 0 Å². The molecule has 2 aliphatic carbocycles. The van der Waals surface area contributed by atoms with E-state index in [0.29, 0.717) is 0 Å². The summed E-state index contributed by atoms with van der Waals surface area (Å²) in [6.45, 7) is 3.72. The lowest BCUT2D eigenvalue weighted by Gasteiger charge is -2.32. The Balaban J connectivity index is 1.53. The molecule has 108 valence electrons. The second kappa shape index (κ2) is 5.28. The van der Waals surface area contributed by atoms with E-state index in [0.717, 1.165) is 44.2 Å². The van der Waals surface area contributed by atoms with Crippen molar-refractivity contribution in [2.75, 3.05) is 36.5 Å². The zero-order valence-electron chi connectivity index (χ0n) is 12.1. The molecule has 1 aromatic carbocycles. The van der Waals surface area contributed by atoms with Crippen LogP contribution >= 0.6 is 0 Å². The van der Waals surface area contributed by atoms with Gasteiger partial charge in [0.15, 0.2) is 0 Å². The Bertz CT molecular complexity index is 450. The lowest BCUT2D eigenvalue weighted by atomic mass is 10.1. The first-order valence-electron chi connectivity index (χ1n) is 8.10. The molecule has 20 heavy (non-hydrogen) atoms. The molecule has 0 atom stereocenters. The number of anilines is 2. The number of nitrogens with one attached hydrogen (secondary N) is 1. The summed E-state index contributed by atoms with van der Waals surface area (Å²) in [5.41, 5.74) is 2.69. The van der Waals surface area contributed by atoms with Crippen LogP contribution in [0.4, 0.5) is 11.4 Å². The van der Waals surface area contributed by atoms with Crippen LogP contribution in [0.15, 0.2) is 24.3 Å². The molecule has 1 saturated heterocycles. The number of benzene rings is 1. The van der Waals surface area contributed by atoms with Gasteiger partial charge in [-0.05, 0) is 49.7 Å². The zero-order valence-corrected chi connectivity index (χ0v) is 12.1. The highest BCUT2D eigenvalue weighted by Crippen LogP contribution is 2.46. The molecule has 1 aliphatic heterocycles. The second-order valence-electron chi connectivity index (χ2n) is 6.46. The van der Waals surface area contributed by atoms with Gasteiger partial charge < -0.3 is 15.0 Å². The predicted octanol–water partition coefficient (Wildman–Crippen LogP) is 3.12. The van der Waals surface area contributed by atoms with E-state index in [9.17, 15) is 0 Å². The monoisotopic (exact) mass is 272 g/mol. The molecular formula is C17H24N2O. The fourth-order valence-corrected chi connectivity index (χ4v) is 3.39. The van der Waals surface area contributed by atoms with Crippen LogP contribution in [0.1, 0.15) is 25.7 Å². The summed E-state index contributed by atoms with van der Waals surface area (Å²) < 4.78 is 5.48. The molecule has 0 spiro atoms. The summed E-state index contributed by atoms with van der Waals surface area (Å²) in [6, 6.07) is 9.53.